The Labute approximate surface area is 189 Å². The van der Waals surface area contributed by atoms with Gasteiger partial charge in [-0.3, -0.25) is 4.99 Å². The maximum Gasteiger partial charge on any atom is 0.213 e. The van der Waals surface area contributed by atoms with Crippen molar-refractivity contribution in [3.05, 3.63) is 5.82 Å². The van der Waals surface area contributed by atoms with E-state index in [-0.39, 0.29) is 29.7 Å². The number of hydrogen-bond donors (Lipinski definition) is 1. The second-order valence-electron chi connectivity index (χ2n) is 6.37. The summed E-state index contributed by atoms with van der Waals surface area (Å²) in [6.45, 7) is 8.42. The largest absolute Gasteiger partial charge is 0.356 e. The number of guanidine groups is 1. The molecular weight excluding hydrogens is 513 g/mol. The summed E-state index contributed by atoms with van der Waals surface area (Å²) >= 11 is 1.47. The predicted molar refractivity (Wildman–Crippen MR) is 127 cm³/mol. The third kappa shape index (κ3) is 6.95. The predicted octanol–water partition coefficient (Wildman–Crippen LogP) is 1.09. The maximum absolute atomic E-state index is 11.8. The first-order chi connectivity index (χ1) is 12.9. The van der Waals surface area contributed by atoms with Crippen LogP contribution in [0.2, 0.25) is 0 Å². The number of aryl methyl sites for hydroxylation is 1. The van der Waals surface area contributed by atoms with Gasteiger partial charge in [0, 0.05) is 71.3 Å². The van der Waals surface area contributed by atoms with Crippen LogP contribution in [-0.4, -0.2) is 92.1 Å². The molecule has 0 atom stereocenters. The molecule has 0 bridgehead atoms. The summed E-state index contributed by atoms with van der Waals surface area (Å²) in [7, 11) is 0.299. The molecule has 12 heteroatoms. The van der Waals surface area contributed by atoms with Gasteiger partial charge in [-0.15, -0.1) is 24.0 Å². The number of aliphatic imine (C=N–C) groups is 1. The minimum atomic E-state index is -3.11. The van der Waals surface area contributed by atoms with Crippen molar-refractivity contribution in [3.8, 4) is 0 Å². The Hall–Kier alpha value is -0.730. The Bertz CT molecular complexity index is 718. The van der Waals surface area contributed by atoms with Crippen LogP contribution in [-0.2, 0) is 16.4 Å². The van der Waals surface area contributed by atoms with Crippen molar-refractivity contribution in [2.75, 3.05) is 64.0 Å². The average molecular weight is 546 g/mol. The van der Waals surface area contributed by atoms with Crippen LogP contribution in [0, 0.1) is 0 Å². The van der Waals surface area contributed by atoms with Gasteiger partial charge in [0.25, 0.3) is 0 Å². The molecule has 0 unspecified atom stereocenters. The number of sulfonamides is 1. The second-order valence-corrected chi connectivity index (χ2v) is 9.47. The van der Waals surface area contributed by atoms with Gasteiger partial charge < -0.3 is 15.1 Å². The molecule has 0 aliphatic carbocycles. The van der Waals surface area contributed by atoms with Crippen LogP contribution in [0.25, 0.3) is 0 Å². The van der Waals surface area contributed by atoms with Gasteiger partial charge in [0.2, 0.25) is 15.2 Å². The van der Waals surface area contributed by atoms with Gasteiger partial charge in [0.15, 0.2) is 5.96 Å². The van der Waals surface area contributed by atoms with Gasteiger partial charge in [-0.25, -0.2) is 17.7 Å². The maximum atomic E-state index is 11.8. The fraction of sp³-hybridized carbons (Fsp3) is 0.812. The van der Waals surface area contributed by atoms with Crippen LogP contribution in [0.3, 0.4) is 0 Å². The summed E-state index contributed by atoms with van der Waals surface area (Å²) in [6.07, 6.45) is 1.60. The molecule has 1 saturated heterocycles. The van der Waals surface area contributed by atoms with E-state index >= 15 is 0 Å². The summed E-state index contributed by atoms with van der Waals surface area (Å²) < 4.78 is 29.3. The van der Waals surface area contributed by atoms with Crippen LogP contribution in [0.5, 0.6) is 0 Å². The van der Waals surface area contributed by atoms with E-state index in [4.69, 9.17) is 0 Å². The number of rotatable bonds is 8. The highest BCUT2D eigenvalue weighted by Crippen LogP contribution is 2.19. The van der Waals surface area contributed by atoms with Gasteiger partial charge in [-0.2, -0.15) is 4.37 Å². The van der Waals surface area contributed by atoms with Crippen molar-refractivity contribution < 1.29 is 8.42 Å². The summed E-state index contributed by atoms with van der Waals surface area (Å²) in [5, 5.41) is 4.34. The highest BCUT2D eigenvalue weighted by atomic mass is 127. The number of nitrogens with zero attached hydrogens (tertiary/aromatic N) is 6. The molecule has 0 radical (unpaired) electrons. The SMILES string of the molecule is CCc1nsc(N2CCN(C(=NC)NCCCN(C)S(=O)(=O)CC)CC2)n1.I. The number of piperazine rings is 1. The lowest BCUT2D eigenvalue weighted by molar-refractivity contribution is 0.371. The summed E-state index contributed by atoms with van der Waals surface area (Å²) in [4.78, 5) is 13.4. The fourth-order valence-corrected chi connectivity index (χ4v) is 4.47. The smallest absolute Gasteiger partial charge is 0.213 e. The molecule has 1 aliphatic rings. The first-order valence-corrected chi connectivity index (χ1v) is 11.8. The van der Waals surface area contributed by atoms with E-state index in [1.807, 2.05) is 0 Å². The Morgan fingerprint density at radius 2 is 1.96 bits per heavy atom. The van der Waals surface area contributed by atoms with Crippen molar-refractivity contribution in [3.63, 3.8) is 0 Å². The molecule has 2 rings (SSSR count). The van der Waals surface area contributed by atoms with Crippen LogP contribution < -0.4 is 10.2 Å². The molecule has 9 nitrogen and oxygen atoms in total. The second kappa shape index (κ2) is 12.1. The van der Waals surface area contributed by atoms with E-state index in [9.17, 15) is 8.42 Å². The highest BCUT2D eigenvalue weighted by Gasteiger charge is 2.22. The van der Waals surface area contributed by atoms with E-state index in [1.165, 1.54) is 15.8 Å². The Balaban J connectivity index is 0.00000392. The molecule has 0 aromatic carbocycles. The van der Waals surface area contributed by atoms with Crippen LogP contribution in [0.1, 0.15) is 26.1 Å². The standard InChI is InChI=1S/C16H31N7O2S2.HI/c1-5-14-19-16(26-20-14)23-12-10-22(11-13-23)15(17-3)18-8-7-9-21(4)27(24,25)6-2;/h5-13H2,1-4H3,(H,17,18);1H. The van der Waals surface area contributed by atoms with E-state index in [2.05, 4.69) is 36.4 Å². The molecule has 1 N–H and O–H groups in total. The zero-order valence-electron chi connectivity index (χ0n) is 17.1. The third-order valence-electron chi connectivity index (χ3n) is 4.61. The molecule has 0 saturated carbocycles. The van der Waals surface area contributed by atoms with Gasteiger partial charge in [0.05, 0.1) is 5.75 Å². The van der Waals surface area contributed by atoms with Gasteiger partial charge in [-0.05, 0) is 13.3 Å². The lowest BCUT2D eigenvalue weighted by Gasteiger charge is -2.36. The quantitative estimate of drug-likeness (QED) is 0.226. The molecule has 162 valence electrons. The zero-order valence-corrected chi connectivity index (χ0v) is 21.1. The normalized spacial score (nSPS) is 15.7. The molecule has 1 aliphatic heterocycles. The van der Waals surface area contributed by atoms with Gasteiger partial charge in [0.1, 0.15) is 5.82 Å². The molecule has 28 heavy (non-hydrogen) atoms. The lowest BCUT2D eigenvalue weighted by Crippen LogP contribution is -2.52. The first-order valence-electron chi connectivity index (χ1n) is 9.38. The van der Waals surface area contributed by atoms with E-state index in [0.717, 1.165) is 55.9 Å². The van der Waals surface area contributed by atoms with E-state index in [0.29, 0.717) is 13.1 Å². The van der Waals surface area contributed by atoms with Crippen molar-refractivity contribution in [1.29, 1.82) is 0 Å². The highest BCUT2D eigenvalue weighted by molar-refractivity contribution is 14.0. The van der Waals surface area contributed by atoms with Crippen LogP contribution in [0.15, 0.2) is 4.99 Å². The number of anilines is 1. The average Bonchev–Trinajstić information content (AvgIpc) is 3.17. The Morgan fingerprint density at radius 1 is 1.29 bits per heavy atom. The zero-order chi connectivity index (χ0) is 19.9. The number of halogens is 1. The molecule has 0 amide bonds. The van der Waals surface area contributed by atoms with Crippen molar-refractivity contribution in [1.82, 2.24) is 23.9 Å². The van der Waals surface area contributed by atoms with Gasteiger partial charge >= 0.3 is 0 Å². The Kier molecular flexibility index (Phi) is 10.9. The molecule has 1 aromatic rings. The minimum Gasteiger partial charge on any atom is -0.356 e. The van der Waals surface area contributed by atoms with Crippen LogP contribution >= 0.6 is 35.5 Å². The minimum absolute atomic E-state index is 0. The molecular formula is C16H32IN7O2S2. The monoisotopic (exact) mass is 545 g/mol. The van der Waals surface area contributed by atoms with Crippen molar-refractivity contribution >= 4 is 56.6 Å². The molecule has 2 heterocycles. The van der Waals surface area contributed by atoms with Crippen molar-refractivity contribution in [2.45, 2.75) is 26.7 Å². The molecule has 1 fully saturated rings. The summed E-state index contributed by atoms with van der Waals surface area (Å²) in [5.41, 5.74) is 0. The van der Waals surface area contributed by atoms with E-state index < -0.39 is 10.0 Å². The van der Waals surface area contributed by atoms with Crippen LogP contribution in [0.4, 0.5) is 5.13 Å². The number of nitrogens with one attached hydrogen (secondary N) is 1. The first kappa shape index (κ1) is 25.3. The molecule has 0 spiro atoms. The number of hydrogen-bond acceptors (Lipinski definition) is 7. The molecule has 1 aromatic heterocycles. The lowest BCUT2D eigenvalue weighted by atomic mass is 10.3. The fourth-order valence-electron chi connectivity index (χ4n) is 2.82. The Morgan fingerprint density at radius 3 is 2.50 bits per heavy atom. The summed E-state index contributed by atoms with van der Waals surface area (Å²) in [5.74, 6) is 1.91. The van der Waals surface area contributed by atoms with Gasteiger partial charge in [-0.1, -0.05) is 6.92 Å². The topological polar surface area (TPSA) is 94.0 Å². The summed E-state index contributed by atoms with van der Waals surface area (Å²) in [6, 6.07) is 0. The number of aromatic nitrogens is 2. The third-order valence-corrected chi connectivity index (χ3v) is 7.28. The van der Waals surface area contributed by atoms with E-state index in [1.54, 1.807) is 21.0 Å². The van der Waals surface area contributed by atoms with Crippen molar-refractivity contribution in [2.24, 2.45) is 4.99 Å².